The Morgan fingerprint density at radius 3 is 2.35 bits per heavy atom. The molecule has 4 rings (SSSR count). The number of nitrogens with zero attached hydrogens (tertiary/aromatic N) is 4. The third kappa shape index (κ3) is 3.96. The topological polar surface area (TPSA) is 126 Å². The van der Waals surface area contributed by atoms with Gasteiger partial charge in [0.25, 0.3) is 5.91 Å². The summed E-state index contributed by atoms with van der Waals surface area (Å²) in [6, 6.07) is 10.8. The average molecular weight is 460 g/mol. The number of methoxy groups -OCH3 is 3. The zero-order valence-corrected chi connectivity index (χ0v) is 19.0. The molecule has 4 aromatic rings. The number of nitrogens with two attached hydrogens (primary N) is 1. The van der Waals surface area contributed by atoms with Crippen LogP contribution in [0.4, 0.5) is 5.82 Å². The van der Waals surface area contributed by atoms with E-state index in [0.29, 0.717) is 45.0 Å². The van der Waals surface area contributed by atoms with Crippen LogP contribution in [0.25, 0.3) is 22.2 Å². The molecule has 10 heteroatoms. The molecule has 2 aromatic heterocycles. The summed E-state index contributed by atoms with van der Waals surface area (Å²) < 4.78 is 17.6. The molecule has 0 unspecified atom stereocenters. The van der Waals surface area contributed by atoms with E-state index >= 15 is 0 Å². The van der Waals surface area contributed by atoms with Crippen molar-refractivity contribution in [2.75, 3.05) is 33.6 Å². The fourth-order valence-corrected chi connectivity index (χ4v) is 3.54. The van der Waals surface area contributed by atoms with E-state index in [2.05, 4.69) is 27.0 Å². The summed E-state index contributed by atoms with van der Waals surface area (Å²) in [5.41, 5.74) is 9.22. The lowest BCUT2D eigenvalue weighted by atomic mass is 10.2. The van der Waals surface area contributed by atoms with Gasteiger partial charge in [0.1, 0.15) is 16.9 Å². The van der Waals surface area contributed by atoms with Crippen molar-refractivity contribution in [3.05, 3.63) is 60.2 Å². The number of hydrogen-bond acceptors (Lipinski definition) is 8. The van der Waals surface area contributed by atoms with Crippen LogP contribution in [0, 0.1) is 0 Å². The van der Waals surface area contributed by atoms with Crippen molar-refractivity contribution in [1.82, 2.24) is 20.0 Å². The first-order valence-electron chi connectivity index (χ1n) is 10.3. The average Bonchev–Trinajstić information content (AvgIpc) is 3.13. The maximum atomic E-state index is 12.9. The van der Waals surface area contributed by atoms with Crippen molar-refractivity contribution in [2.45, 2.75) is 0 Å². The number of amides is 1. The highest BCUT2D eigenvalue weighted by Crippen LogP contribution is 2.38. The van der Waals surface area contributed by atoms with Gasteiger partial charge in [0.05, 0.1) is 38.6 Å². The van der Waals surface area contributed by atoms with Gasteiger partial charge in [0.15, 0.2) is 17.1 Å². The second kappa shape index (κ2) is 9.49. The predicted molar refractivity (Wildman–Crippen MR) is 131 cm³/mol. The number of rotatable bonds is 8. The highest BCUT2D eigenvalue weighted by molar-refractivity contribution is 6.10. The number of carbonyl (C=O) groups is 1. The van der Waals surface area contributed by atoms with E-state index in [1.807, 2.05) is 24.3 Å². The van der Waals surface area contributed by atoms with Crippen LogP contribution in [0.1, 0.15) is 15.9 Å². The highest BCUT2D eigenvalue weighted by Gasteiger charge is 2.24. The standard InChI is InChI=1S/C24H24N6O4/c1-5-10-26-24(31)19-20-23(29-16-9-7-6-8-15(16)28-20)30(22(19)25)27-13-14-11-17(32-2)21(34-4)18(12-14)33-3/h5-9,11-13H,1,10,25H2,2-4H3,(H,26,31)/b27-13+. The monoisotopic (exact) mass is 460 g/mol. The van der Waals surface area contributed by atoms with Gasteiger partial charge in [-0.3, -0.25) is 4.79 Å². The molecule has 0 fully saturated rings. The van der Waals surface area contributed by atoms with Crippen LogP contribution < -0.4 is 25.3 Å². The molecule has 0 spiro atoms. The van der Waals surface area contributed by atoms with Crippen molar-refractivity contribution >= 4 is 40.1 Å². The van der Waals surface area contributed by atoms with Crippen LogP contribution in [0.15, 0.2) is 54.2 Å². The second-order valence-corrected chi connectivity index (χ2v) is 7.16. The Morgan fingerprint density at radius 1 is 1.12 bits per heavy atom. The van der Waals surface area contributed by atoms with Crippen LogP contribution in [-0.4, -0.2) is 54.6 Å². The summed E-state index contributed by atoms with van der Waals surface area (Å²) >= 11 is 0. The van der Waals surface area contributed by atoms with E-state index in [1.54, 1.807) is 24.4 Å². The lowest BCUT2D eigenvalue weighted by Gasteiger charge is -2.12. The molecule has 0 atom stereocenters. The van der Waals surface area contributed by atoms with Gasteiger partial charge >= 0.3 is 0 Å². The molecule has 1 amide bonds. The van der Waals surface area contributed by atoms with Crippen molar-refractivity contribution in [2.24, 2.45) is 5.10 Å². The summed E-state index contributed by atoms with van der Waals surface area (Å²) in [5.74, 6) is 1.13. The number of anilines is 1. The van der Waals surface area contributed by atoms with Crippen LogP contribution in [0.2, 0.25) is 0 Å². The summed E-state index contributed by atoms with van der Waals surface area (Å²) in [6.45, 7) is 3.91. The number of nitrogen functional groups attached to an aromatic ring is 1. The minimum absolute atomic E-state index is 0.107. The van der Waals surface area contributed by atoms with Gasteiger partial charge in [0, 0.05) is 12.1 Å². The Bertz CT molecular complexity index is 1400. The van der Waals surface area contributed by atoms with Gasteiger partial charge < -0.3 is 25.3 Å². The second-order valence-electron chi connectivity index (χ2n) is 7.16. The maximum Gasteiger partial charge on any atom is 0.257 e. The first kappa shape index (κ1) is 22.6. The number of para-hydroxylation sites is 2. The molecule has 2 heterocycles. The lowest BCUT2D eigenvalue weighted by Crippen LogP contribution is -2.24. The molecule has 10 nitrogen and oxygen atoms in total. The molecule has 0 saturated heterocycles. The van der Waals surface area contributed by atoms with E-state index in [0.717, 1.165) is 0 Å². The van der Waals surface area contributed by atoms with Crippen LogP contribution in [0.3, 0.4) is 0 Å². The molecule has 0 bridgehead atoms. The molecule has 2 aromatic carbocycles. The molecule has 0 aliphatic rings. The minimum atomic E-state index is -0.395. The van der Waals surface area contributed by atoms with Crippen molar-refractivity contribution in [1.29, 1.82) is 0 Å². The number of carbonyl (C=O) groups excluding carboxylic acids is 1. The maximum absolute atomic E-state index is 12.9. The Labute approximate surface area is 195 Å². The fourth-order valence-electron chi connectivity index (χ4n) is 3.54. The first-order valence-corrected chi connectivity index (χ1v) is 10.3. The number of fused-ring (bicyclic) bond motifs is 2. The quantitative estimate of drug-likeness (QED) is 0.306. The van der Waals surface area contributed by atoms with Crippen LogP contribution >= 0.6 is 0 Å². The van der Waals surface area contributed by atoms with Gasteiger partial charge in [-0.2, -0.15) is 9.78 Å². The Kier molecular flexibility index (Phi) is 6.30. The largest absolute Gasteiger partial charge is 0.493 e. The normalized spacial score (nSPS) is 11.1. The van der Waals surface area contributed by atoms with E-state index in [9.17, 15) is 4.79 Å². The molecule has 0 radical (unpaired) electrons. The summed E-state index contributed by atoms with van der Waals surface area (Å²) in [4.78, 5) is 22.2. The van der Waals surface area contributed by atoms with Crippen LogP contribution in [-0.2, 0) is 0 Å². The lowest BCUT2D eigenvalue weighted by molar-refractivity contribution is 0.0960. The third-order valence-corrected chi connectivity index (χ3v) is 5.12. The Morgan fingerprint density at radius 2 is 1.76 bits per heavy atom. The minimum Gasteiger partial charge on any atom is -0.493 e. The fraction of sp³-hybridized carbons (Fsp3) is 0.167. The van der Waals surface area contributed by atoms with E-state index < -0.39 is 5.91 Å². The zero-order valence-electron chi connectivity index (χ0n) is 19.0. The van der Waals surface area contributed by atoms with Crippen molar-refractivity contribution in [3.63, 3.8) is 0 Å². The molecule has 0 aliphatic heterocycles. The molecule has 0 saturated carbocycles. The number of benzene rings is 2. The SMILES string of the molecule is C=CCNC(=O)c1c(N)n(/N=C/c2cc(OC)c(OC)c(OC)c2)c2nc3ccccc3nc12. The molecule has 34 heavy (non-hydrogen) atoms. The molecular weight excluding hydrogens is 436 g/mol. The molecule has 174 valence electrons. The van der Waals surface area contributed by atoms with Crippen molar-refractivity contribution in [3.8, 4) is 17.2 Å². The van der Waals surface area contributed by atoms with E-state index in [-0.39, 0.29) is 17.9 Å². The first-order chi connectivity index (χ1) is 16.5. The Hall–Kier alpha value is -4.60. The van der Waals surface area contributed by atoms with E-state index in [1.165, 1.54) is 26.0 Å². The Balaban J connectivity index is 1.89. The van der Waals surface area contributed by atoms with Gasteiger partial charge in [-0.25, -0.2) is 9.97 Å². The van der Waals surface area contributed by atoms with E-state index in [4.69, 9.17) is 19.9 Å². The van der Waals surface area contributed by atoms with Gasteiger partial charge in [-0.1, -0.05) is 18.2 Å². The molecular formula is C24H24N6O4. The number of aromatic nitrogens is 3. The zero-order chi connectivity index (χ0) is 24.2. The van der Waals surface area contributed by atoms with Crippen molar-refractivity contribution < 1.29 is 19.0 Å². The third-order valence-electron chi connectivity index (χ3n) is 5.12. The van der Waals surface area contributed by atoms with Gasteiger partial charge in [-0.05, 0) is 24.3 Å². The smallest absolute Gasteiger partial charge is 0.257 e. The number of ether oxygens (including phenoxy) is 3. The van der Waals surface area contributed by atoms with Gasteiger partial charge in [0.2, 0.25) is 5.75 Å². The summed E-state index contributed by atoms with van der Waals surface area (Å²) in [7, 11) is 4.59. The summed E-state index contributed by atoms with van der Waals surface area (Å²) in [6.07, 6.45) is 3.14. The van der Waals surface area contributed by atoms with Crippen LogP contribution in [0.5, 0.6) is 17.2 Å². The summed E-state index contributed by atoms with van der Waals surface area (Å²) in [5, 5.41) is 7.26. The number of nitrogens with one attached hydrogen (secondary N) is 1. The van der Waals surface area contributed by atoms with Gasteiger partial charge in [-0.15, -0.1) is 6.58 Å². The highest BCUT2D eigenvalue weighted by atomic mass is 16.5. The molecule has 0 aliphatic carbocycles. The molecule has 3 N–H and O–H groups in total. The predicted octanol–water partition coefficient (Wildman–Crippen LogP) is 2.99. The number of hydrogen-bond donors (Lipinski definition) is 2.